The van der Waals surface area contributed by atoms with Crippen molar-refractivity contribution in [2.24, 2.45) is 0 Å². The molecule has 0 bridgehead atoms. The maximum Gasteiger partial charge on any atom is -0.00135 e. The van der Waals surface area contributed by atoms with Gasteiger partial charge in [0, 0.05) is 0 Å². The molecular formula is C52H42. The summed E-state index contributed by atoms with van der Waals surface area (Å²) in [4.78, 5) is 0. The van der Waals surface area contributed by atoms with Crippen molar-refractivity contribution in [2.45, 2.75) is 65.7 Å². The van der Waals surface area contributed by atoms with Gasteiger partial charge in [0.25, 0.3) is 0 Å². The van der Waals surface area contributed by atoms with Crippen molar-refractivity contribution in [3.63, 3.8) is 0 Å². The number of hydrogen-bond acceptors (Lipinski definition) is 0. The van der Waals surface area contributed by atoms with Crippen LogP contribution in [0.2, 0.25) is 0 Å². The van der Waals surface area contributed by atoms with Crippen LogP contribution in [0.4, 0.5) is 0 Å². The number of hydrogen-bond donors (Lipinski definition) is 0. The van der Waals surface area contributed by atoms with Crippen molar-refractivity contribution in [3.8, 4) is 22.3 Å². The standard InChI is InChI=1S/C52H42/c1-27(2)45-42-25-40-36-15-11-10-14-35(36)38-22-30-12-8-9-13-31(30)23-39(38)41(40)26-43(42)46(28(3)4)51-44-24-33-21-34(52(5,6)7)20-32-17-16-29-18-19-37(50(45)51)49(44)48(29)47(32)33/h8-28H,1-7H3. The third-order valence-electron chi connectivity index (χ3n) is 12.5. The van der Waals surface area contributed by atoms with Crippen LogP contribution in [0.3, 0.4) is 0 Å². The molecule has 10 aromatic rings. The van der Waals surface area contributed by atoms with Gasteiger partial charge in [-0.25, -0.2) is 0 Å². The average molecular weight is 667 g/mol. The monoisotopic (exact) mass is 666 g/mol. The summed E-state index contributed by atoms with van der Waals surface area (Å²) in [7, 11) is 0. The summed E-state index contributed by atoms with van der Waals surface area (Å²) in [6.45, 7) is 16.6. The molecule has 0 aliphatic heterocycles. The lowest BCUT2D eigenvalue weighted by molar-refractivity contribution is 0.591. The van der Waals surface area contributed by atoms with Crippen molar-refractivity contribution < 1.29 is 0 Å². The van der Waals surface area contributed by atoms with E-state index in [0.717, 1.165) is 0 Å². The van der Waals surface area contributed by atoms with Gasteiger partial charge < -0.3 is 0 Å². The van der Waals surface area contributed by atoms with E-state index in [1.807, 2.05) is 0 Å². The van der Waals surface area contributed by atoms with Gasteiger partial charge >= 0.3 is 0 Å². The van der Waals surface area contributed by atoms with Crippen LogP contribution >= 0.6 is 0 Å². The molecule has 0 aromatic heterocycles. The second-order valence-corrected chi connectivity index (χ2v) is 17.2. The number of rotatable bonds is 2. The number of fused-ring (bicyclic) bond motifs is 11. The van der Waals surface area contributed by atoms with Crippen LogP contribution in [0.5, 0.6) is 0 Å². The molecule has 0 radical (unpaired) electrons. The predicted molar refractivity (Wildman–Crippen MR) is 229 cm³/mol. The fourth-order valence-electron chi connectivity index (χ4n) is 10.2. The average Bonchev–Trinajstić information content (AvgIpc) is 3.45. The lowest BCUT2D eigenvalue weighted by atomic mass is 9.79. The third kappa shape index (κ3) is 3.83. The summed E-state index contributed by atoms with van der Waals surface area (Å²) in [6, 6.07) is 44.9. The highest BCUT2D eigenvalue weighted by Crippen LogP contribution is 2.58. The zero-order chi connectivity index (χ0) is 35.4. The summed E-state index contributed by atoms with van der Waals surface area (Å²) < 4.78 is 0. The highest BCUT2D eigenvalue weighted by atomic mass is 14.4. The van der Waals surface area contributed by atoms with Crippen LogP contribution < -0.4 is 0 Å². The SMILES string of the molecule is CC(C)c1c2c(c(C(C)C)c3cc4c5cc6ccccc6cc5c5ccccc5c4cc13)-c1cc3cc(C(C)(C)C)cc4ccc5ccc-2c1c5c43. The lowest BCUT2D eigenvalue weighted by Gasteiger charge is -2.25. The summed E-state index contributed by atoms with van der Waals surface area (Å²) in [5, 5.41) is 21.8. The van der Waals surface area contributed by atoms with Crippen molar-refractivity contribution in [1.29, 1.82) is 0 Å². The minimum atomic E-state index is 0.0668. The van der Waals surface area contributed by atoms with Crippen LogP contribution in [-0.2, 0) is 5.41 Å². The summed E-state index contributed by atoms with van der Waals surface area (Å²) >= 11 is 0. The van der Waals surface area contributed by atoms with E-state index in [0.29, 0.717) is 11.8 Å². The molecule has 0 N–H and O–H groups in total. The fraction of sp³-hybridized carbons (Fsp3) is 0.192. The van der Waals surface area contributed by atoms with E-state index < -0.39 is 0 Å². The molecule has 0 fully saturated rings. The molecule has 0 saturated heterocycles. The minimum Gasteiger partial charge on any atom is -0.0616 e. The second kappa shape index (κ2) is 10.1. The van der Waals surface area contributed by atoms with E-state index in [9.17, 15) is 0 Å². The van der Waals surface area contributed by atoms with Crippen LogP contribution in [0.1, 0.15) is 77.0 Å². The molecule has 0 heteroatoms. The molecule has 0 amide bonds. The van der Waals surface area contributed by atoms with Gasteiger partial charge in [0.1, 0.15) is 0 Å². The zero-order valence-corrected chi connectivity index (χ0v) is 31.1. The third-order valence-corrected chi connectivity index (χ3v) is 12.5. The quantitative estimate of drug-likeness (QED) is 0.127. The maximum atomic E-state index is 2.59. The molecule has 0 unspecified atom stereocenters. The van der Waals surface area contributed by atoms with Crippen molar-refractivity contribution in [3.05, 3.63) is 132 Å². The van der Waals surface area contributed by atoms with E-state index in [-0.39, 0.29) is 5.41 Å². The Labute approximate surface area is 305 Å². The molecule has 11 rings (SSSR count). The van der Waals surface area contributed by atoms with Gasteiger partial charge in [0.2, 0.25) is 0 Å². The van der Waals surface area contributed by atoms with Gasteiger partial charge in [0.05, 0.1) is 0 Å². The fourth-order valence-corrected chi connectivity index (χ4v) is 10.2. The Morgan fingerprint density at radius 3 is 1.48 bits per heavy atom. The Morgan fingerprint density at radius 1 is 0.365 bits per heavy atom. The topological polar surface area (TPSA) is 0 Å². The van der Waals surface area contributed by atoms with E-state index in [4.69, 9.17) is 0 Å². The summed E-state index contributed by atoms with van der Waals surface area (Å²) in [6.07, 6.45) is 0. The Kier molecular flexibility index (Phi) is 5.87. The van der Waals surface area contributed by atoms with E-state index in [1.54, 1.807) is 0 Å². The van der Waals surface area contributed by atoms with Gasteiger partial charge in [0.15, 0.2) is 0 Å². The van der Waals surface area contributed by atoms with Gasteiger partial charge in [-0.3, -0.25) is 0 Å². The molecule has 1 aliphatic rings. The largest absolute Gasteiger partial charge is 0.0616 e. The smallest absolute Gasteiger partial charge is 0.00135 e. The molecule has 0 atom stereocenters. The molecule has 10 aromatic carbocycles. The summed E-state index contributed by atoms with van der Waals surface area (Å²) in [5.74, 6) is 0.686. The van der Waals surface area contributed by atoms with Crippen molar-refractivity contribution >= 4 is 86.2 Å². The molecule has 0 heterocycles. The van der Waals surface area contributed by atoms with Crippen molar-refractivity contribution in [1.82, 2.24) is 0 Å². The molecule has 0 spiro atoms. The van der Waals surface area contributed by atoms with Crippen LogP contribution in [0.15, 0.2) is 115 Å². The van der Waals surface area contributed by atoms with Crippen LogP contribution in [-0.4, -0.2) is 0 Å². The molecule has 250 valence electrons. The van der Waals surface area contributed by atoms with Gasteiger partial charge in [-0.1, -0.05) is 133 Å². The molecule has 0 saturated carbocycles. The van der Waals surface area contributed by atoms with Crippen molar-refractivity contribution in [2.75, 3.05) is 0 Å². The first kappa shape index (κ1) is 30.2. The van der Waals surface area contributed by atoms with Gasteiger partial charge in [-0.2, -0.15) is 0 Å². The summed E-state index contributed by atoms with van der Waals surface area (Å²) in [5.41, 5.74) is 10.2. The Hall–Kier alpha value is -5.46. The minimum absolute atomic E-state index is 0.0668. The second-order valence-electron chi connectivity index (χ2n) is 17.2. The normalized spacial score (nSPS) is 13.2. The Morgan fingerprint density at radius 2 is 0.865 bits per heavy atom. The number of benzene rings is 10. The maximum absolute atomic E-state index is 2.59. The Balaban J connectivity index is 1.37. The molecule has 1 aliphatic carbocycles. The zero-order valence-electron chi connectivity index (χ0n) is 31.1. The van der Waals surface area contributed by atoms with Crippen LogP contribution in [0.25, 0.3) is 108 Å². The van der Waals surface area contributed by atoms with Gasteiger partial charge in [-0.15, -0.1) is 0 Å². The van der Waals surface area contributed by atoms with E-state index in [2.05, 4.69) is 164 Å². The van der Waals surface area contributed by atoms with Crippen LogP contribution in [0, 0.1) is 0 Å². The Bertz CT molecular complexity index is 3200. The van der Waals surface area contributed by atoms with E-state index >= 15 is 0 Å². The first-order valence-electron chi connectivity index (χ1n) is 19.2. The molecule has 52 heavy (non-hydrogen) atoms. The first-order valence-corrected chi connectivity index (χ1v) is 19.2. The van der Waals surface area contributed by atoms with E-state index in [1.165, 1.54) is 125 Å². The predicted octanol–water partition coefficient (Wildman–Crippen LogP) is 15.5. The highest BCUT2D eigenvalue weighted by Gasteiger charge is 2.33. The van der Waals surface area contributed by atoms with Gasteiger partial charge in [-0.05, 0) is 173 Å². The lowest BCUT2D eigenvalue weighted by Crippen LogP contribution is -2.10. The molecule has 0 nitrogen and oxygen atoms in total. The highest BCUT2D eigenvalue weighted by molar-refractivity contribution is 6.34. The first-order chi connectivity index (χ1) is 25.1. The molecular weight excluding hydrogens is 625 g/mol.